The van der Waals surface area contributed by atoms with Gasteiger partial charge in [-0.3, -0.25) is 4.79 Å². The molecule has 0 heterocycles. The highest BCUT2D eigenvalue weighted by Gasteiger charge is 2.16. The normalized spacial score (nSPS) is 12.0. The molecule has 0 bridgehead atoms. The first-order valence-corrected chi connectivity index (χ1v) is 8.65. The second-order valence-corrected chi connectivity index (χ2v) is 6.28. The zero-order valence-corrected chi connectivity index (χ0v) is 14.5. The lowest BCUT2D eigenvalue weighted by molar-refractivity contribution is -0.122. The summed E-state index contributed by atoms with van der Waals surface area (Å²) in [6, 6.07) is 27.8. The first-order chi connectivity index (χ1) is 12.7. The number of carbonyl (C=O) groups excluding carboxylic acids is 1. The summed E-state index contributed by atoms with van der Waals surface area (Å²) >= 11 is 0. The maximum Gasteiger partial charge on any atom is 0.265 e. The summed E-state index contributed by atoms with van der Waals surface area (Å²) < 4.78 is 5.86. The monoisotopic (exact) mass is 341 g/mol. The Labute approximate surface area is 152 Å². The van der Waals surface area contributed by atoms with E-state index in [1.165, 1.54) is 0 Å². The van der Waals surface area contributed by atoms with Gasteiger partial charge < -0.3 is 10.1 Å². The van der Waals surface area contributed by atoms with Crippen LogP contribution in [0.4, 0.5) is 5.69 Å². The minimum atomic E-state index is -0.602. The number of rotatable bonds is 4. The van der Waals surface area contributed by atoms with Crippen molar-refractivity contribution in [3.05, 3.63) is 84.9 Å². The Kier molecular flexibility index (Phi) is 4.28. The minimum Gasteiger partial charge on any atom is -0.481 e. The van der Waals surface area contributed by atoms with E-state index in [0.29, 0.717) is 5.75 Å². The van der Waals surface area contributed by atoms with Crippen molar-refractivity contribution in [1.82, 2.24) is 0 Å². The number of anilines is 1. The van der Waals surface area contributed by atoms with Gasteiger partial charge in [0.15, 0.2) is 6.10 Å². The molecule has 3 heteroatoms. The molecule has 4 aromatic carbocycles. The predicted molar refractivity (Wildman–Crippen MR) is 107 cm³/mol. The molecule has 0 spiro atoms. The highest BCUT2D eigenvalue weighted by atomic mass is 16.5. The fourth-order valence-electron chi connectivity index (χ4n) is 3.07. The van der Waals surface area contributed by atoms with Gasteiger partial charge in [0.2, 0.25) is 0 Å². The van der Waals surface area contributed by atoms with Crippen molar-refractivity contribution in [2.24, 2.45) is 0 Å². The van der Waals surface area contributed by atoms with E-state index in [4.69, 9.17) is 4.74 Å². The summed E-state index contributed by atoms with van der Waals surface area (Å²) in [7, 11) is 0. The Morgan fingerprint density at radius 1 is 0.808 bits per heavy atom. The van der Waals surface area contributed by atoms with Crippen LogP contribution in [0.1, 0.15) is 6.92 Å². The summed E-state index contributed by atoms with van der Waals surface area (Å²) in [5.41, 5.74) is 0.794. The van der Waals surface area contributed by atoms with Crippen molar-refractivity contribution in [3.63, 3.8) is 0 Å². The molecule has 0 aliphatic heterocycles. The van der Waals surface area contributed by atoms with Crippen LogP contribution in [0.3, 0.4) is 0 Å². The van der Waals surface area contributed by atoms with Gasteiger partial charge >= 0.3 is 0 Å². The van der Waals surface area contributed by atoms with Gasteiger partial charge in [-0.15, -0.1) is 0 Å². The van der Waals surface area contributed by atoms with Gasteiger partial charge in [-0.2, -0.15) is 0 Å². The van der Waals surface area contributed by atoms with Crippen molar-refractivity contribution < 1.29 is 9.53 Å². The van der Waals surface area contributed by atoms with Gasteiger partial charge in [0.05, 0.1) is 0 Å². The zero-order chi connectivity index (χ0) is 17.9. The van der Waals surface area contributed by atoms with Gasteiger partial charge in [0.25, 0.3) is 5.91 Å². The molecule has 1 atom stereocenters. The van der Waals surface area contributed by atoms with Gasteiger partial charge in [0, 0.05) is 11.1 Å². The van der Waals surface area contributed by atoms with Crippen LogP contribution in [0, 0.1) is 0 Å². The molecule has 0 aliphatic carbocycles. The second kappa shape index (κ2) is 6.89. The molecule has 0 aliphatic rings. The van der Waals surface area contributed by atoms with Crippen molar-refractivity contribution in [2.75, 3.05) is 5.32 Å². The van der Waals surface area contributed by atoms with Crippen molar-refractivity contribution in [3.8, 4) is 5.75 Å². The molecule has 0 fully saturated rings. The van der Waals surface area contributed by atoms with Crippen molar-refractivity contribution in [1.29, 1.82) is 0 Å². The minimum absolute atomic E-state index is 0.172. The third kappa shape index (κ3) is 3.24. The molecule has 128 valence electrons. The fraction of sp³-hybridized carbons (Fsp3) is 0.0870. The van der Waals surface area contributed by atoms with Gasteiger partial charge in [0.1, 0.15) is 5.75 Å². The Morgan fingerprint density at radius 2 is 1.50 bits per heavy atom. The van der Waals surface area contributed by atoms with Gasteiger partial charge in [-0.25, -0.2) is 0 Å². The fourth-order valence-corrected chi connectivity index (χ4v) is 3.07. The van der Waals surface area contributed by atoms with Crippen LogP contribution >= 0.6 is 0 Å². The van der Waals surface area contributed by atoms with E-state index in [1.807, 2.05) is 78.9 Å². The zero-order valence-electron chi connectivity index (χ0n) is 14.5. The Hall–Kier alpha value is -3.33. The average molecular weight is 341 g/mol. The topological polar surface area (TPSA) is 38.3 Å². The standard InChI is InChI=1S/C23H19NO2/c1-16(26-20-14-13-17-7-2-3-9-19(17)15-20)23(25)24-22-12-6-10-18-8-4-5-11-21(18)22/h2-16H,1H3,(H,24,25)/t16-/m1/s1. The SMILES string of the molecule is C[C@@H](Oc1ccc2ccccc2c1)C(=O)Nc1cccc2ccccc12. The van der Waals surface area contributed by atoms with Gasteiger partial charge in [-0.1, -0.05) is 66.7 Å². The molecular formula is C23H19NO2. The van der Waals surface area contributed by atoms with E-state index in [0.717, 1.165) is 27.2 Å². The highest BCUT2D eigenvalue weighted by molar-refractivity contribution is 6.03. The van der Waals surface area contributed by atoms with Crippen LogP contribution < -0.4 is 10.1 Å². The molecule has 4 aromatic rings. The maximum atomic E-state index is 12.6. The van der Waals surface area contributed by atoms with E-state index in [-0.39, 0.29) is 5.91 Å². The molecule has 0 radical (unpaired) electrons. The van der Waals surface area contributed by atoms with Crippen LogP contribution in [-0.4, -0.2) is 12.0 Å². The molecule has 0 aromatic heterocycles. The molecule has 0 saturated heterocycles. The Morgan fingerprint density at radius 3 is 2.35 bits per heavy atom. The largest absolute Gasteiger partial charge is 0.481 e. The quantitative estimate of drug-likeness (QED) is 0.540. The van der Waals surface area contributed by atoms with Crippen LogP contribution in [0.5, 0.6) is 5.75 Å². The lowest BCUT2D eigenvalue weighted by atomic mass is 10.1. The van der Waals surface area contributed by atoms with Gasteiger partial charge in [-0.05, 0) is 41.3 Å². The molecule has 0 saturated carbocycles. The van der Waals surface area contributed by atoms with E-state index in [9.17, 15) is 4.79 Å². The highest BCUT2D eigenvalue weighted by Crippen LogP contribution is 2.24. The summed E-state index contributed by atoms with van der Waals surface area (Å²) in [5, 5.41) is 7.32. The summed E-state index contributed by atoms with van der Waals surface area (Å²) in [6.07, 6.45) is -0.602. The number of hydrogen-bond acceptors (Lipinski definition) is 2. The molecular weight excluding hydrogens is 322 g/mol. The third-order valence-electron chi connectivity index (χ3n) is 4.45. The van der Waals surface area contributed by atoms with Crippen LogP contribution in [-0.2, 0) is 4.79 Å². The number of amides is 1. The number of nitrogens with one attached hydrogen (secondary N) is 1. The third-order valence-corrected chi connectivity index (χ3v) is 4.45. The molecule has 4 rings (SSSR count). The molecule has 26 heavy (non-hydrogen) atoms. The van der Waals surface area contributed by atoms with Crippen LogP contribution in [0.2, 0.25) is 0 Å². The Balaban J connectivity index is 1.52. The second-order valence-electron chi connectivity index (χ2n) is 6.28. The number of benzene rings is 4. The molecule has 0 unspecified atom stereocenters. The van der Waals surface area contributed by atoms with Crippen LogP contribution in [0.25, 0.3) is 21.5 Å². The van der Waals surface area contributed by atoms with Crippen molar-refractivity contribution >= 4 is 33.1 Å². The smallest absolute Gasteiger partial charge is 0.265 e. The summed E-state index contributed by atoms with van der Waals surface area (Å²) in [6.45, 7) is 1.76. The maximum absolute atomic E-state index is 12.6. The van der Waals surface area contributed by atoms with E-state index in [1.54, 1.807) is 6.92 Å². The molecule has 1 N–H and O–H groups in total. The lowest BCUT2D eigenvalue weighted by Gasteiger charge is -2.16. The van der Waals surface area contributed by atoms with Crippen LogP contribution in [0.15, 0.2) is 84.9 Å². The predicted octanol–water partition coefficient (Wildman–Crippen LogP) is 5.40. The average Bonchev–Trinajstić information content (AvgIpc) is 2.68. The summed E-state index contributed by atoms with van der Waals surface area (Å²) in [5.74, 6) is 0.513. The first-order valence-electron chi connectivity index (χ1n) is 8.65. The number of hydrogen-bond donors (Lipinski definition) is 1. The van der Waals surface area contributed by atoms with Crippen molar-refractivity contribution in [2.45, 2.75) is 13.0 Å². The Bertz CT molecular complexity index is 1080. The number of fused-ring (bicyclic) bond motifs is 2. The molecule has 3 nitrogen and oxygen atoms in total. The van der Waals surface area contributed by atoms with E-state index in [2.05, 4.69) is 11.4 Å². The molecule has 1 amide bonds. The summed E-state index contributed by atoms with van der Waals surface area (Å²) in [4.78, 5) is 12.6. The number of ether oxygens (including phenoxy) is 1. The van der Waals surface area contributed by atoms with E-state index >= 15 is 0 Å². The number of carbonyl (C=O) groups is 1. The first kappa shape index (κ1) is 16.2. The van der Waals surface area contributed by atoms with E-state index < -0.39 is 6.10 Å². The lowest BCUT2D eigenvalue weighted by Crippen LogP contribution is -2.30.